The molecule has 148 valence electrons. The molecule has 0 N–H and O–H groups in total. The molecule has 1 aliphatic rings. The van der Waals surface area contributed by atoms with Crippen molar-refractivity contribution in [3.63, 3.8) is 0 Å². The Bertz CT molecular complexity index is 1200. The van der Waals surface area contributed by atoms with Crippen molar-refractivity contribution >= 4 is 61.0 Å². The number of pyridine rings is 1. The average Bonchev–Trinajstić information content (AvgIpc) is 3.34. The van der Waals surface area contributed by atoms with E-state index in [0.29, 0.717) is 0 Å². The van der Waals surface area contributed by atoms with E-state index in [1.54, 1.807) is 23.1 Å². The Balaban J connectivity index is 1.61. The molecular weight excluding hydrogens is 420 g/mol. The molecule has 4 heterocycles. The quantitative estimate of drug-likeness (QED) is 0.271. The minimum absolute atomic E-state index is 0.760. The highest BCUT2D eigenvalue weighted by molar-refractivity contribution is 7.98. The second kappa shape index (κ2) is 7.74. The molecule has 0 unspecified atom stereocenters. The number of hydrogen-bond acceptors (Lipinski definition) is 6. The molecule has 0 amide bonds. The Morgan fingerprint density at radius 3 is 2.59 bits per heavy atom. The van der Waals surface area contributed by atoms with Crippen molar-refractivity contribution in [1.82, 2.24) is 15.0 Å². The highest BCUT2D eigenvalue weighted by Gasteiger charge is 2.22. The molecule has 1 aliphatic heterocycles. The summed E-state index contributed by atoms with van der Waals surface area (Å²) in [5, 5.41) is 2.76. The van der Waals surface area contributed by atoms with Crippen LogP contribution < -0.4 is 4.90 Å². The molecule has 1 saturated heterocycles. The molecule has 5 rings (SSSR count). The van der Waals surface area contributed by atoms with Gasteiger partial charge in [0.05, 0.1) is 10.2 Å². The molecule has 0 spiro atoms. The molecule has 4 nitrogen and oxygen atoms in total. The zero-order valence-corrected chi connectivity index (χ0v) is 18.8. The summed E-state index contributed by atoms with van der Waals surface area (Å²) in [4.78, 5) is 18.2. The molecule has 0 saturated carbocycles. The van der Waals surface area contributed by atoms with Crippen LogP contribution in [0.15, 0.2) is 35.5 Å². The van der Waals surface area contributed by atoms with Crippen LogP contribution in [-0.2, 0) is 5.75 Å². The zero-order valence-electron chi connectivity index (χ0n) is 16.4. The van der Waals surface area contributed by atoms with Crippen molar-refractivity contribution in [3.8, 4) is 0 Å². The number of halogens is 1. The molecule has 7 heteroatoms. The number of aryl methyl sites for hydroxylation is 2. The van der Waals surface area contributed by atoms with E-state index in [1.807, 2.05) is 12.1 Å². The van der Waals surface area contributed by atoms with Crippen molar-refractivity contribution in [2.75, 3.05) is 18.0 Å². The molecular formula is C22H21ClN4S2. The second-order valence-corrected chi connectivity index (χ2v) is 9.86. The first-order valence-electron chi connectivity index (χ1n) is 9.79. The molecule has 0 aliphatic carbocycles. The lowest BCUT2D eigenvalue weighted by Gasteiger charge is -2.17. The van der Waals surface area contributed by atoms with Crippen LogP contribution in [0.5, 0.6) is 0 Å². The van der Waals surface area contributed by atoms with Gasteiger partial charge in [0.1, 0.15) is 4.83 Å². The summed E-state index contributed by atoms with van der Waals surface area (Å²) in [7, 11) is 0. The summed E-state index contributed by atoms with van der Waals surface area (Å²) in [5.41, 5.74) is 4.55. The lowest BCUT2D eigenvalue weighted by molar-refractivity contribution is 0.901. The van der Waals surface area contributed by atoms with Crippen LogP contribution in [0.2, 0.25) is 5.02 Å². The van der Waals surface area contributed by atoms with Crippen molar-refractivity contribution < 1.29 is 0 Å². The Morgan fingerprint density at radius 1 is 1.07 bits per heavy atom. The molecule has 0 radical (unpaired) electrons. The van der Waals surface area contributed by atoms with Crippen molar-refractivity contribution in [3.05, 3.63) is 52.2 Å². The number of aromatic nitrogens is 3. The predicted molar refractivity (Wildman–Crippen MR) is 125 cm³/mol. The summed E-state index contributed by atoms with van der Waals surface area (Å²) < 4.78 is 1.17. The number of benzene rings is 1. The van der Waals surface area contributed by atoms with Crippen LogP contribution >= 0.6 is 34.7 Å². The fraction of sp³-hybridized carbons (Fsp3) is 0.318. The summed E-state index contributed by atoms with van der Waals surface area (Å²) >= 11 is 9.42. The second-order valence-electron chi connectivity index (χ2n) is 7.48. The van der Waals surface area contributed by atoms with E-state index in [0.717, 1.165) is 50.9 Å². The van der Waals surface area contributed by atoms with Crippen LogP contribution in [0.3, 0.4) is 0 Å². The monoisotopic (exact) mass is 440 g/mol. The van der Waals surface area contributed by atoms with Gasteiger partial charge in [-0.3, -0.25) is 0 Å². The number of rotatable bonds is 4. The first-order chi connectivity index (χ1) is 14.1. The minimum atomic E-state index is 0.760. The summed E-state index contributed by atoms with van der Waals surface area (Å²) in [5.74, 6) is 1.90. The maximum Gasteiger partial charge on any atom is 0.190 e. The van der Waals surface area contributed by atoms with Crippen LogP contribution in [0.1, 0.15) is 29.7 Å². The molecule has 1 aromatic carbocycles. The van der Waals surface area contributed by atoms with Gasteiger partial charge in [0.15, 0.2) is 11.0 Å². The summed E-state index contributed by atoms with van der Waals surface area (Å²) in [6.45, 7) is 6.33. The van der Waals surface area contributed by atoms with E-state index in [4.69, 9.17) is 26.6 Å². The summed E-state index contributed by atoms with van der Waals surface area (Å²) in [6, 6.07) is 10.1. The standard InChI is InChI=1S/C22H21ClN4S2/c1-13-11-14(2)24-21-17(13)18-19(29-21)20(27-9-3-4-10-27)26-22(25-18)28-12-15-5-7-16(23)8-6-15/h5-8,11H,3-4,9-10,12H2,1-2H3. The van der Waals surface area contributed by atoms with Gasteiger partial charge in [0.25, 0.3) is 0 Å². The van der Waals surface area contributed by atoms with Gasteiger partial charge in [-0.2, -0.15) is 0 Å². The van der Waals surface area contributed by atoms with E-state index >= 15 is 0 Å². The van der Waals surface area contributed by atoms with Crippen molar-refractivity contribution in [1.29, 1.82) is 0 Å². The van der Waals surface area contributed by atoms with Gasteiger partial charge in [0.2, 0.25) is 0 Å². The van der Waals surface area contributed by atoms with Gasteiger partial charge in [-0.1, -0.05) is 35.5 Å². The predicted octanol–water partition coefficient (Wildman–Crippen LogP) is 6.40. The number of anilines is 1. The number of thioether (sulfide) groups is 1. The fourth-order valence-electron chi connectivity index (χ4n) is 3.88. The molecule has 3 aromatic heterocycles. The van der Waals surface area contributed by atoms with Gasteiger partial charge >= 0.3 is 0 Å². The Morgan fingerprint density at radius 2 is 1.83 bits per heavy atom. The fourth-order valence-corrected chi connectivity index (χ4v) is 6.05. The van der Waals surface area contributed by atoms with E-state index in [2.05, 4.69) is 36.9 Å². The van der Waals surface area contributed by atoms with Crippen molar-refractivity contribution in [2.24, 2.45) is 0 Å². The molecule has 0 bridgehead atoms. The minimum Gasteiger partial charge on any atom is -0.355 e. The molecule has 29 heavy (non-hydrogen) atoms. The third-order valence-corrected chi connectivity index (χ3v) is 7.50. The lowest BCUT2D eigenvalue weighted by Crippen LogP contribution is -2.19. The third kappa shape index (κ3) is 3.69. The number of fused-ring (bicyclic) bond motifs is 3. The van der Waals surface area contributed by atoms with Crippen LogP contribution in [0.25, 0.3) is 20.4 Å². The SMILES string of the molecule is Cc1cc(C)c2c(n1)sc1c(N3CCCC3)nc(SCc3ccc(Cl)cc3)nc12. The number of nitrogens with zero attached hydrogens (tertiary/aromatic N) is 4. The van der Waals surface area contributed by atoms with E-state index in [1.165, 1.54) is 34.1 Å². The normalized spacial score (nSPS) is 14.4. The Labute approximate surface area is 183 Å². The average molecular weight is 441 g/mol. The molecule has 4 aromatic rings. The largest absolute Gasteiger partial charge is 0.355 e. The highest BCUT2D eigenvalue weighted by atomic mass is 35.5. The Kier molecular flexibility index (Phi) is 5.10. The molecule has 0 atom stereocenters. The number of hydrogen-bond donors (Lipinski definition) is 0. The van der Waals surface area contributed by atoms with Crippen molar-refractivity contribution in [2.45, 2.75) is 37.6 Å². The van der Waals surface area contributed by atoms with E-state index < -0.39 is 0 Å². The number of thiophene rings is 1. The lowest BCUT2D eigenvalue weighted by atomic mass is 10.1. The summed E-state index contributed by atoms with van der Waals surface area (Å²) in [6.07, 6.45) is 2.44. The third-order valence-electron chi connectivity index (χ3n) is 5.26. The van der Waals surface area contributed by atoms with Crippen LogP contribution in [0.4, 0.5) is 5.82 Å². The van der Waals surface area contributed by atoms with E-state index in [-0.39, 0.29) is 0 Å². The zero-order chi connectivity index (χ0) is 20.0. The topological polar surface area (TPSA) is 41.9 Å². The van der Waals surface area contributed by atoms with Crippen LogP contribution in [0, 0.1) is 13.8 Å². The first kappa shape index (κ1) is 19.1. The smallest absolute Gasteiger partial charge is 0.190 e. The van der Waals surface area contributed by atoms with Gasteiger partial charge in [0, 0.05) is 34.9 Å². The van der Waals surface area contributed by atoms with Gasteiger partial charge in [-0.25, -0.2) is 15.0 Å². The van der Waals surface area contributed by atoms with E-state index in [9.17, 15) is 0 Å². The Hall–Kier alpha value is -1.89. The maximum atomic E-state index is 6.01. The highest BCUT2D eigenvalue weighted by Crippen LogP contribution is 2.40. The van der Waals surface area contributed by atoms with Gasteiger partial charge in [-0.15, -0.1) is 11.3 Å². The first-order valence-corrected chi connectivity index (χ1v) is 12.0. The van der Waals surface area contributed by atoms with Gasteiger partial charge in [-0.05, 0) is 56.0 Å². The van der Waals surface area contributed by atoms with Crippen LogP contribution in [-0.4, -0.2) is 28.0 Å². The van der Waals surface area contributed by atoms with Gasteiger partial charge < -0.3 is 4.90 Å². The molecule has 1 fully saturated rings. The maximum absolute atomic E-state index is 6.01.